The normalized spacial score (nSPS) is 13.3. The predicted octanol–water partition coefficient (Wildman–Crippen LogP) is 2.10. The Morgan fingerprint density at radius 3 is 2.57 bits per heavy atom. The zero-order valence-corrected chi connectivity index (χ0v) is 20.3. The topological polar surface area (TPSA) is 142 Å². The minimum atomic E-state index is -0.672. The van der Waals surface area contributed by atoms with E-state index in [1.165, 1.54) is 10.1 Å². The maximum Gasteiger partial charge on any atom is 0.330 e. The van der Waals surface area contributed by atoms with Crippen LogP contribution in [0, 0.1) is 0 Å². The summed E-state index contributed by atoms with van der Waals surface area (Å²) in [5.41, 5.74) is 7.19. The first-order valence-electron chi connectivity index (χ1n) is 11.9. The monoisotopic (exact) mass is 482 g/mol. The van der Waals surface area contributed by atoms with Gasteiger partial charge in [-0.1, -0.05) is 42.0 Å². The molecule has 0 fully saturated rings. The van der Waals surface area contributed by atoms with Gasteiger partial charge in [0, 0.05) is 12.6 Å². The van der Waals surface area contributed by atoms with Crippen molar-refractivity contribution in [2.75, 3.05) is 23.7 Å². The Bertz CT molecular complexity index is 1180. The molecule has 1 aromatic carbocycles. The third-order valence-corrected chi connectivity index (χ3v) is 5.81. The number of allylic oxidation sites excluding steroid dienone is 1. The number of H-pyrrole nitrogens is 1. The molecule has 0 unspecified atom stereocenters. The summed E-state index contributed by atoms with van der Waals surface area (Å²) >= 11 is 0. The molecule has 5 N–H and O–H groups in total. The standard InChI is InChI=1S/C25H34N6O4/c1-17(2)27-24(34)28-20(32)16-30(14-13-18-9-5-3-6-10-18)21-22(26)31(25(35)29-23(21)33)15-19-11-7-4-8-12-19/h4,7-9,11-12,17H,3,5-6,10,13-16,26H2,1-2H3,(H,29,33,35)(H2,27,28,32,34). The number of rotatable bonds is 9. The number of nitrogen functional groups attached to an aromatic ring is 1. The molecule has 3 rings (SSSR count). The minimum Gasteiger partial charge on any atom is -0.383 e. The van der Waals surface area contributed by atoms with Crippen molar-refractivity contribution in [1.29, 1.82) is 0 Å². The molecule has 1 heterocycles. The van der Waals surface area contributed by atoms with Crippen molar-refractivity contribution in [3.05, 3.63) is 68.4 Å². The van der Waals surface area contributed by atoms with Gasteiger partial charge >= 0.3 is 11.7 Å². The van der Waals surface area contributed by atoms with Crippen molar-refractivity contribution in [1.82, 2.24) is 20.2 Å². The molecule has 1 aliphatic carbocycles. The number of nitrogens with one attached hydrogen (secondary N) is 3. The van der Waals surface area contributed by atoms with Crippen molar-refractivity contribution < 1.29 is 9.59 Å². The maximum atomic E-state index is 12.9. The summed E-state index contributed by atoms with van der Waals surface area (Å²) in [6.45, 7) is 3.80. The van der Waals surface area contributed by atoms with E-state index in [1.807, 2.05) is 30.3 Å². The van der Waals surface area contributed by atoms with Crippen molar-refractivity contribution in [3.63, 3.8) is 0 Å². The van der Waals surface area contributed by atoms with Crippen LogP contribution < -0.4 is 32.5 Å². The first-order chi connectivity index (χ1) is 16.7. The van der Waals surface area contributed by atoms with Crippen LogP contribution in [0.5, 0.6) is 0 Å². The van der Waals surface area contributed by atoms with Crippen LogP contribution in [0.3, 0.4) is 0 Å². The number of carbonyl (C=O) groups excluding carboxylic acids is 2. The fraction of sp³-hybridized carbons (Fsp3) is 0.440. The average molecular weight is 483 g/mol. The highest BCUT2D eigenvalue weighted by Crippen LogP contribution is 2.23. The number of nitrogens with zero attached hydrogens (tertiary/aromatic N) is 2. The molecule has 0 radical (unpaired) electrons. The number of hydrogen-bond donors (Lipinski definition) is 4. The second-order valence-electron chi connectivity index (χ2n) is 9.02. The quantitative estimate of drug-likeness (QED) is 0.403. The Morgan fingerprint density at radius 2 is 1.91 bits per heavy atom. The van der Waals surface area contributed by atoms with Gasteiger partial charge in [-0.2, -0.15) is 0 Å². The van der Waals surface area contributed by atoms with Crippen molar-refractivity contribution >= 4 is 23.4 Å². The number of imide groups is 1. The lowest BCUT2D eigenvalue weighted by atomic mass is 9.97. The second-order valence-corrected chi connectivity index (χ2v) is 9.02. The second kappa shape index (κ2) is 12.0. The molecule has 1 aromatic heterocycles. The molecule has 0 aliphatic heterocycles. The van der Waals surface area contributed by atoms with Gasteiger partial charge in [0.15, 0.2) is 0 Å². The zero-order valence-electron chi connectivity index (χ0n) is 20.3. The van der Waals surface area contributed by atoms with E-state index >= 15 is 0 Å². The van der Waals surface area contributed by atoms with Crippen molar-refractivity contribution in [2.45, 2.75) is 58.5 Å². The van der Waals surface area contributed by atoms with Crippen LogP contribution in [0.4, 0.5) is 16.3 Å². The van der Waals surface area contributed by atoms with E-state index in [9.17, 15) is 19.2 Å². The van der Waals surface area contributed by atoms with Crippen molar-refractivity contribution in [2.24, 2.45) is 0 Å². The molecule has 10 heteroatoms. The Labute approximate surface area is 204 Å². The number of urea groups is 1. The van der Waals surface area contributed by atoms with Gasteiger partial charge in [0.25, 0.3) is 5.56 Å². The fourth-order valence-corrected chi connectivity index (χ4v) is 4.12. The van der Waals surface area contributed by atoms with Crippen LogP contribution in [-0.4, -0.2) is 40.6 Å². The lowest BCUT2D eigenvalue weighted by molar-refractivity contribution is -0.118. The SMILES string of the molecule is CC(C)NC(=O)NC(=O)CN(CCC1=CCCCC1)c1c(N)n(Cc2ccccc2)c(=O)[nH]c1=O. The number of aromatic nitrogens is 2. The third kappa shape index (κ3) is 7.33. The van der Waals surface area contributed by atoms with Gasteiger partial charge in [0.1, 0.15) is 11.5 Å². The lowest BCUT2D eigenvalue weighted by Crippen LogP contribution is -2.48. The van der Waals surface area contributed by atoms with Crippen LogP contribution >= 0.6 is 0 Å². The van der Waals surface area contributed by atoms with Gasteiger partial charge in [-0.05, 0) is 51.5 Å². The summed E-state index contributed by atoms with van der Waals surface area (Å²) < 4.78 is 1.28. The van der Waals surface area contributed by atoms with Gasteiger partial charge in [-0.3, -0.25) is 24.5 Å². The number of carbonyl (C=O) groups is 2. The summed E-state index contributed by atoms with van der Waals surface area (Å²) in [7, 11) is 0. The van der Waals surface area contributed by atoms with Gasteiger partial charge < -0.3 is 16.0 Å². The number of nitrogens with two attached hydrogens (primary N) is 1. The predicted molar refractivity (Wildman–Crippen MR) is 136 cm³/mol. The Morgan fingerprint density at radius 1 is 1.17 bits per heavy atom. The molecule has 188 valence electrons. The van der Waals surface area contributed by atoms with E-state index in [1.54, 1.807) is 18.7 Å². The summed E-state index contributed by atoms with van der Waals surface area (Å²) in [6.07, 6.45) is 7.07. The molecule has 1 aliphatic rings. The maximum absolute atomic E-state index is 12.9. The Balaban J connectivity index is 1.91. The van der Waals surface area contributed by atoms with Crippen LogP contribution in [0.2, 0.25) is 0 Å². The van der Waals surface area contributed by atoms with Gasteiger partial charge in [0.2, 0.25) is 5.91 Å². The van der Waals surface area contributed by atoms with Crippen LogP contribution in [0.1, 0.15) is 51.5 Å². The van der Waals surface area contributed by atoms with Gasteiger partial charge in [-0.15, -0.1) is 0 Å². The molecule has 0 bridgehead atoms. The minimum absolute atomic E-state index is 0.0281. The molecular weight excluding hydrogens is 448 g/mol. The van der Waals surface area contributed by atoms with E-state index in [0.717, 1.165) is 31.2 Å². The highest BCUT2D eigenvalue weighted by atomic mass is 16.2. The van der Waals surface area contributed by atoms with Gasteiger partial charge in [0.05, 0.1) is 13.1 Å². The number of anilines is 2. The molecule has 10 nitrogen and oxygen atoms in total. The fourth-order valence-electron chi connectivity index (χ4n) is 4.12. The molecule has 0 atom stereocenters. The molecule has 0 spiro atoms. The van der Waals surface area contributed by atoms with Crippen LogP contribution in [0.25, 0.3) is 0 Å². The highest BCUT2D eigenvalue weighted by Gasteiger charge is 2.22. The van der Waals surface area contributed by atoms with Gasteiger partial charge in [-0.25, -0.2) is 9.59 Å². The smallest absolute Gasteiger partial charge is 0.330 e. The molecular formula is C25H34N6O4. The summed E-state index contributed by atoms with van der Waals surface area (Å²) in [4.78, 5) is 54.0. The molecule has 35 heavy (non-hydrogen) atoms. The van der Waals surface area contributed by atoms with Crippen LogP contribution in [-0.2, 0) is 11.3 Å². The number of aromatic amines is 1. The molecule has 0 saturated heterocycles. The summed E-state index contributed by atoms with van der Waals surface area (Å²) in [5, 5.41) is 4.89. The largest absolute Gasteiger partial charge is 0.383 e. The van der Waals surface area contributed by atoms with E-state index in [0.29, 0.717) is 13.0 Å². The molecule has 0 saturated carbocycles. The summed E-state index contributed by atoms with van der Waals surface area (Å²) in [6, 6.07) is 8.51. The molecule has 3 amide bonds. The van der Waals surface area contributed by atoms with E-state index in [4.69, 9.17) is 5.73 Å². The van der Waals surface area contributed by atoms with E-state index < -0.39 is 23.2 Å². The molecule has 2 aromatic rings. The van der Waals surface area contributed by atoms with Crippen molar-refractivity contribution in [3.8, 4) is 0 Å². The first-order valence-corrected chi connectivity index (χ1v) is 11.9. The highest BCUT2D eigenvalue weighted by molar-refractivity contribution is 5.96. The number of benzene rings is 1. The Hall–Kier alpha value is -3.82. The first kappa shape index (κ1) is 25.8. The van der Waals surface area contributed by atoms with E-state index in [2.05, 4.69) is 21.7 Å². The third-order valence-electron chi connectivity index (χ3n) is 5.81. The summed E-state index contributed by atoms with van der Waals surface area (Å²) in [5.74, 6) is -0.611. The average Bonchev–Trinajstić information content (AvgIpc) is 2.80. The number of hydrogen-bond acceptors (Lipinski definition) is 6. The number of amides is 3. The lowest BCUT2D eigenvalue weighted by Gasteiger charge is -2.26. The van der Waals surface area contributed by atoms with E-state index in [-0.39, 0.29) is 30.6 Å². The van der Waals surface area contributed by atoms with Crippen LogP contribution in [0.15, 0.2) is 51.6 Å². The zero-order chi connectivity index (χ0) is 25.4. The Kier molecular flexibility index (Phi) is 8.88.